The first-order valence-corrected chi connectivity index (χ1v) is 4.73. The van der Waals surface area contributed by atoms with Gasteiger partial charge < -0.3 is 5.32 Å². The molecule has 1 fully saturated rings. The van der Waals surface area contributed by atoms with E-state index in [9.17, 15) is 4.79 Å². The molecule has 2 rings (SSSR count). The standard InChI is InChI=1S/C8H8N2OS/c11-7-5-12-8(10-7)6-3-1-2-4-9-6/h1-4,8H,5H2,(H,10,11). The minimum atomic E-state index is 0.0544. The lowest BCUT2D eigenvalue weighted by molar-refractivity contribution is -0.118. The van der Waals surface area contributed by atoms with Crippen molar-refractivity contribution in [3.8, 4) is 0 Å². The Balaban J connectivity index is 2.16. The molecule has 12 heavy (non-hydrogen) atoms. The lowest BCUT2D eigenvalue weighted by Crippen LogP contribution is -2.19. The van der Waals surface area contributed by atoms with Crippen LogP contribution in [0.15, 0.2) is 24.4 Å². The number of rotatable bonds is 1. The normalized spacial score (nSPS) is 22.3. The van der Waals surface area contributed by atoms with Crippen molar-refractivity contribution < 1.29 is 4.79 Å². The second kappa shape index (κ2) is 3.15. The third-order valence-electron chi connectivity index (χ3n) is 1.63. The van der Waals surface area contributed by atoms with Crippen LogP contribution in [0.4, 0.5) is 0 Å². The van der Waals surface area contributed by atoms with E-state index in [2.05, 4.69) is 10.3 Å². The van der Waals surface area contributed by atoms with Gasteiger partial charge in [-0.3, -0.25) is 9.78 Å². The summed E-state index contributed by atoms with van der Waals surface area (Å²) >= 11 is 1.58. The van der Waals surface area contributed by atoms with Crippen molar-refractivity contribution >= 4 is 17.7 Å². The van der Waals surface area contributed by atoms with E-state index in [0.717, 1.165) is 5.69 Å². The molecule has 1 amide bonds. The molecule has 1 aliphatic heterocycles. The van der Waals surface area contributed by atoms with Gasteiger partial charge in [-0.2, -0.15) is 0 Å². The summed E-state index contributed by atoms with van der Waals surface area (Å²) in [6.07, 6.45) is 1.74. The van der Waals surface area contributed by atoms with Crippen molar-refractivity contribution in [3.05, 3.63) is 30.1 Å². The Labute approximate surface area is 74.6 Å². The summed E-state index contributed by atoms with van der Waals surface area (Å²) in [6, 6.07) is 5.71. The third kappa shape index (κ3) is 1.43. The van der Waals surface area contributed by atoms with Crippen molar-refractivity contribution in [2.45, 2.75) is 5.37 Å². The maximum absolute atomic E-state index is 10.9. The zero-order valence-corrected chi connectivity index (χ0v) is 7.17. The molecule has 62 valence electrons. The van der Waals surface area contributed by atoms with Crippen LogP contribution in [0.1, 0.15) is 11.1 Å². The molecule has 3 nitrogen and oxygen atoms in total. The summed E-state index contributed by atoms with van der Waals surface area (Å²) in [5.41, 5.74) is 0.924. The molecule has 0 radical (unpaired) electrons. The van der Waals surface area contributed by atoms with Crippen LogP contribution in [0, 0.1) is 0 Å². The van der Waals surface area contributed by atoms with E-state index in [1.54, 1.807) is 18.0 Å². The van der Waals surface area contributed by atoms with Gasteiger partial charge in [-0.25, -0.2) is 0 Å². The molecular formula is C8H8N2OS. The van der Waals surface area contributed by atoms with Gasteiger partial charge >= 0.3 is 0 Å². The predicted molar refractivity (Wildman–Crippen MR) is 47.6 cm³/mol. The van der Waals surface area contributed by atoms with Gasteiger partial charge in [0.25, 0.3) is 0 Å². The number of aromatic nitrogens is 1. The Kier molecular flexibility index (Phi) is 1.99. The summed E-state index contributed by atoms with van der Waals surface area (Å²) in [5.74, 6) is 0.636. The number of carbonyl (C=O) groups is 1. The third-order valence-corrected chi connectivity index (χ3v) is 2.75. The molecule has 1 atom stereocenters. The van der Waals surface area contributed by atoms with Crippen molar-refractivity contribution in [1.29, 1.82) is 0 Å². The van der Waals surface area contributed by atoms with E-state index in [-0.39, 0.29) is 11.3 Å². The first-order chi connectivity index (χ1) is 5.86. The fourth-order valence-electron chi connectivity index (χ4n) is 1.08. The van der Waals surface area contributed by atoms with E-state index in [1.165, 1.54) is 0 Å². The monoisotopic (exact) mass is 180 g/mol. The molecule has 4 heteroatoms. The first-order valence-electron chi connectivity index (χ1n) is 3.68. The Morgan fingerprint density at radius 3 is 3.08 bits per heavy atom. The number of hydrogen-bond donors (Lipinski definition) is 1. The summed E-state index contributed by atoms with van der Waals surface area (Å²) < 4.78 is 0. The minimum absolute atomic E-state index is 0.0544. The van der Waals surface area contributed by atoms with Crippen molar-refractivity contribution in [1.82, 2.24) is 10.3 Å². The Morgan fingerprint density at radius 1 is 1.58 bits per heavy atom. The number of pyridine rings is 1. The highest BCUT2D eigenvalue weighted by molar-refractivity contribution is 8.00. The Morgan fingerprint density at radius 2 is 2.50 bits per heavy atom. The molecule has 1 saturated heterocycles. The highest BCUT2D eigenvalue weighted by Gasteiger charge is 2.23. The van der Waals surface area contributed by atoms with E-state index in [0.29, 0.717) is 5.75 Å². The Bertz CT molecular complexity index is 288. The van der Waals surface area contributed by atoms with E-state index in [4.69, 9.17) is 0 Å². The quantitative estimate of drug-likeness (QED) is 0.699. The maximum atomic E-state index is 10.9. The van der Waals surface area contributed by atoms with Gasteiger partial charge in [0.15, 0.2) is 0 Å². The van der Waals surface area contributed by atoms with Gasteiger partial charge in [0.05, 0.1) is 11.4 Å². The molecule has 1 aromatic rings. The van der Waals surface area contributed by atoms with Gasteiger partial charge in [0.1, 0.15) is 5.37 Å². The van der Waals surface area contributed by atoms with Gasteiger partial charge in [-0.1, -0.05) is 6.07 Å². The van der Waals surface area contributed by atoms with Crippen LogP contribution in [0.3, 0.4) is 0 Å². The van der Waals surface area contributed by atoms with Crippen molar-refractivity contribution in [2.75, 3.05) is 5.75 Å². The molecule has 0 spiro atoms. The average Bonchev–Trinajstić information content (AvgIpc) is 2.54. The van der Waals surface area contributed by atoms with Crippen molar-refractivity contribution in [3.63, 3.8) is 0 Å². The zero-order valence-electron chi connectivity index (χ0n) is 6.36. The number of nitrogens with one attached hydrogen (secondary N) is 1. The van der Waals surface area contributed by atoms with Crippen LogP contribution in [-0.4, -0.2) is 16.6 Å². The van der Waals surface area contributed by atoms with E-state index in [1.807, 2.05) is 18.2 Å². The number of amides is 1. The van der Waals surface area contributed by atoms with Gasteiger partial charge in [-0.05, 0) is 12.1 Å². The van der Waals surface area contributed by atoms with Gasteiger partial charge in [-0.15, -0.1) is 11.8 Å². The average molecular weight is 180 g/mol. The highest BCUT2D eigenvalue weighted by Crippen LogP contribution is 2.28. The number of carbonyl (C=O) groups excluding carboxylic acids is 1. The highest BCUT2D eigenvalue weighted by atomic mass is 32.2. The van der Waals surface area contributed by atoms with Crippen LogP contribution in [0.5, 0.6) is 0 Å². The summed E-state index contributed by atoms with van der Waals surface area (Å²) in [4.78, 5) is 15.0. The lowest BCUT2D eigenvalue weighted by Gasteiger charge is -2.06. The number of hydrogen-bond acceptors (Lipinski definition) is 3. The molecule has 1 N–H and O–H groups in total. The molecule has 1 unspecified atom stereocenters. The second-order valence-electron chi connectivity index (χ2n) is 2.51. The zero-order chi connectivity index (χ0) is 8.39. The topological polar surface area (TPSA) is 42.0 Å². The molecular weight excluding hydrogens is 172 g/mol. The van der Waals surface area contributed by atoms with Gasteiger partial charge in [0.2, 0.25) is 5.91 Å². The summed E-state index contributed by atoms with van der Waals surface area (Å²) in [7, 11) is 0. The molecule has 1 aromatic heterocycles. The van der Waals surface area contributed by atoms with Crippen molar-refractivity contribution in [2.24, 2.45) is 0 Å². The van der Waals surface area contributed by atoms with Crippen LogP contribution in [-0.2, 0) is 4.79 Å². The van der Waals surface area contributed by atoms with Crippen LogP contribution in [0.2, 0.25) is 0 Å². The SMILES string of the molecule is O=C1CSC(c2ccccn2)N1. The van der Waals surface area contributed by atoms with Crippen LogP contribution >= 0.6 is 11.8 Å². The van der Waals surface area contributed by atoms with Gasteiger partial charge in [0, 0.05) is 6.20 Å². The fraction of sp³-hybridized carbons (Fsp3) is 0.250. The molecule has 0 saturated carbocycles. The number of thioether (sulfide) groups is 1. The maximum Gasteiger partial charge on any atom is 0.231 e. The lowest BCUT2D eigenvalue weighted by atomic mass is 10.3. The Hall–Kier alpha value is -1.03. The minimum Gasteiger partial charge on any atom is -0.338 e. The fourth-order valence-corrected chi connectivity index (χ4v) is 2.01. The van der Waals surface area contributed by atoms with Crippen LogP contribution in [0.25, 0.3) is 0 Å². The van der Waals surface area contributed by atoms with Crippen LogP contribution < -0.4 is 5.32 Å². The largest absolute Gasteiger partial charge is 0.338 e. The predicted octanol–water partition coefficient (Wildman–Crippen LogP) is 0.943. The molecule has 1 aliphatic rings. The molecule has 2 heterocycles. The van der Waals surface area contributed by atoms with E-state index < -0.39 is 0 Å². The summed E-state index contributed by atoms with van der Waals surface area (Å²) in [5, 5.41) is 2.89. The summed E-state index contributed by atoms with van der Waals surface area (Å²) in [6.45, 7) is 0. The van der Waals surface area contributed by atoms with E-state index >= 15 is 0 Å². The first kappa shape index (κ1) is 7.61. The second-order valence-corrected chi connectivity index (χ2v) is 3.61. The molecule has 0 bridgehead atoms. The molecule has 0 aliphatic carbocycles. The number of nitrogens with zero attached hydrogens (tertiary/aromatic N) is 1. The molecule has 0 aromatic carbocycles. The smallest absolute Gasteiger partial charge is 0.231 e.